The van der Waals surface area contributed by atoms with Gasteiger partial charge in [0.1, 0.15) is 11.6 Å². The number of aromatic nitrogens is 4. The lowest BCUT2D eigenvalue weighted by Gasteiger charge is -2.17. The van der Waals surface area contributed by atoms with E-state index in [9.17, 15) is 4.39 Å². The summed E-state index contributed by atoms with van der Waals surface area (Å²) < 4.78 is 14.4. The van der Waals surface area contributed by atoms with Gasteiger partial charge >= 0.3 is 0 Å². The second-order valence-electron chi connectivity index (χ2n) is 7.47. The summed E-state index contributed by atoms with van der Waals surface area (Å²) in [5.41, 5.74) is 3.72. The van der Waals surface area contributed by atoms with Crippen molar-refractivity contribution in [2.24, 2.45) is 0 Å². The van der Waals surface area contributed by atoms with Gasteiger partial charge in [0, 0.05) is 35.1 Å². The fraction of sp³-hybridized carbons (Fsp3) is 0.0769. The summed E-state index contributed by atoms with van der Waals surface area (Å²) in [4.78, 5) is 18.2. The van der Waals surface area contributed by atoms with E-state index in [0.717, 1.165) is 27.7 Å². The number of pyridine rings is 2. The fourth-order valence-electron chi connectivity index (χ4n) is 3.64. The molecule has 0 saturated heterocycles. The third-order valence-corrected chi connectivity index (χ3v) is 5.29. The summed E-state index contributed by atoms with van der Waals surface area (Å²) in [6.45, 7) is 2.04. The number of hydrogen-bond acceptors (Lipinski definition) is 5. The summed E-state index contributed by atoms with van der Waals surface area (Å²) in [6.07, 6.45) is 5.21. The molecule has 0 amide bonds. The van der Waals surface area contributed by atoms with E-state index in [0.29, 0.717) is 17.2 Å². The molecule has 0 bridgehead atoms. The molecule has 1 N–H and O–H groups in total. The lowest BCUT2D eigenvalue weighted by Crippen LogP contribution is -2.10. The fourth-order valence-corrected chi connectivity index (χ4v) is 3.64. The molecule has 6 heteroatoms. The number of nitrogens with one attached hydrogen (secondary N) is 1. The number of anilines is 1. The summed E-state index contributed by atoms with van der Waals surface area (Å²) >= 11 is 0. The Bertz CT molecular complexity index is 1370. The quantitative estimate of drug-likeness (QED) is 0.373. The van der Waals surface area contributed by atoms with Crippen LogP contribution < -0.4 is 5.32 Å². The van der Waals surface area contributed by atoms with E-state index in [1.807, 2.05) is 61.5 Å². The van der Waals surface area contributed by atoms with Gasteiger partial charge in [-0.1, -0.05) is 30.3 Å². The molecule has 3 heterocycles. The van der Waals surface area contributed by atoms with Crippen LogP contribution in [0.25, 0.3) is 33.4 Å². The number of halogens is 1. The van der Waals surface area contributed by atoms with Crippen molar-refractivity contribution in [3.8, 4) is 22.5 Å². The number of rotatable bonds is 5. The van der Waals surface area contributed by atoms with E-state index in [-0.39, 0.29) is 11.9 Å². The Labute approximate surface area is 185 Å². The maximum absolute atomic E-state index is 14.4. The maximum Gasteiger partial charge on any atom is 0.163 e. The molecular formula is C26H20FN5. The Morgan fingerprint density at radius 2 is 1.72 bits per heavy atom. The molecule has 2 aromatic carbocycles. The van der Waals surface area contributed by atoms with Gasteiger partial charge in [-0.3, -0.25) is 9.97 Å². The van der Waals surface area contributed by atoms with Crippen LogP contribution in [-0.4, -0.2) is 19.9 Å². The molecule has 5 aromatic rings. The third-order valence-electron chi connectivity index (χ3n) is 5.29. The van der Waals surface area contributed by atoms with E-state index in [2.05, 4.69) is 15.3 Å². The molecule has 0 fully saturated rings. The Hall–Kier alpha value is -4.19. The average Bonchev–Trinajstić information content (AvgIpc) is 2.85. The zero-order valence-electron chi connectivity index (χ0n) is 17.4. The van der Waals surface area contributed by atoms with E-state index in [4.69, 9.17) is 9.97 Å². The van der Waals surface area contributed by atoms with Gasteiger partial charge in [0.05, 0.1) is 17.3 Å². The molecule has 0 spiro atoms. The summed E-state index contributed by atoms with van der Waals surface area (Å²) in [7, 11) is 0. The Morgan fingerprint density at radius 3 is 2.50 bits per heavy atom. The standard InChI is InChI=1S/C26H20FN5/c1-17(23-10-4-5-14-29-23)30-26-21-12-11-18(20-8-2-3-9-22(20)27)15-24(21)31-25(32-26)19-7-6-13-28-16-19/h2-17H,1H3,(H,30,31,32). The van der Waals surface area contributed by atoms with Crippen molar-refractivity contribution in [3.05, 3.63) is 103 Å². The van der Waals surface area contributed by atoms with Gasteiger partial charge in [0.15, 0.2) is 5.82 Å². The number of nitrogens with zero attached hydrogens (tertiary/aromatic N) is 4. The molecule has 1 atom stereocenters. The first-order chi connectivity index (χ1) is 15.7. The largest absolute Gasteiger partial charge is 0.361 e. The van der Waals surface area contributed by atoms with Crippen molar-refractivity contribution >= 4 is 16.7 Å². The van der Waals surface area contributed by atoms with Crippen LogP contribution in [0.15, 0.2) is 91.4 Å². The van der Waals surface area contributed by atoms with Crippen molar-refractivity contribution in [2.45, 2.75) is 13.0 Å². The van der Waals surface area contributed by atoms with Crippen LogP contribution in [0.3, 0.4) is 0 Å². The van der Waals surface area contributed by atoms with Gasteiger partial charge in [-0.15, -0.1) is 0 Å². The molecule has 1 unspecified atom stereocenters. The van der Waals surface area contributed by atoms with E-state index in [1.165, 1.54) is 6.07 Å². The molecular weight excluding hydrogens is 401 g/mol. The predicted octanol–water partition coefficient (Wildman–Crippen LogP) is 6.07. The van der Waals surface area contributed by atoms with Crippen molar-refractivity contribution in [3.63, 3.8) is 0 Å². The maximum atomic E-state index is 14.4. The van der Waals surface area contributed by atoms with Gasteiger partial charge in [0.2, 0.25) is 0 Å². The van der Waals surface area contributed by atoms with Crippen LogP contribution in [0, 0.1) is 5.82 Å². The highest BCUT2D eigenvalue weighted by molar-refractivity contribution is 5.93. The van der Waals surface area contributed by atoms with Crippen LogP contribution in [0.1, 0.15) is 18.7 Å². The van der Waals surface area contributed by atoms with Crippen LogP contribution in [0.5, 0.6) is 0 Å². The first-order valence-corrected chi connectivity index (χ1v) is 10.3. The highest BCUT2D eigenvalue weighted by Gasteiger charge is 2.15. The highest BCUT2D eigenvalue weighted by Crippen LogP contribution is 2.31. The monoisotopic (exact) mass is 421 g/mol. The molecule has 0 aliphatic heterocycles. The molecule has 3 aromatic heterocycles. The minimum atomic E-state index is -0.268. The van der Waals surface area contributed by atoms with Crippen molar-refractivity contribution in [2.75, 3.05) is 5.32 Å². The molecule has 156 valence electrons. The molecule has 0 aliphatic rings. The molecule has 5 rings (SSSR count). The predicted molar refractivity (Wildman–Crippen MR) is 124 cm³/mol. The van der Waals surface area contributed by atoms with Crippen molar-refractivity contribution < 1.29 is 4.39 Å². The number of hydrogen-bond donors (Lipinski definition) is 1. The normalized spacial score (nSPS) is 11.9. The Morgan fingerprint density at radius 1 is 0.844 bits per heavy atom. The molecule has 0 saturated carbocycles. The summed E-state index contributed by atoms with van der Waals surface area (Å²) in [5.74, 6) is 0.967. The van der Waals surface area contributed by atoms with E-state index in [1.54, 1.807) is 30.7 Å². The first-order valence-electron chi connectivity index (χ1n) is 10.3. The highest BCUT2D eigenvalue weighted by atomic mass is 19.1. The first kappa shape index (κ1) is 19.8. The number of benzene rings is 2. The van der Waals surface area contributed by atoms with Crippen LogP contribution >= 0.6 is 0 Å². The zero-order chi connectivity index (χ0) is 21.9. The SMILES string of the molecule is CC(Nc1nc(-c2cccnc2)nc2cc(-c3ccccc3F)ccc12)c1ccccn1. The summed E-state index contributed by atoms with van der Waals surface area (Å²) in [5, 5.41) is 4.32. The van der Waals surface area contributed by atoms with Gasteiger partial charge in [-0.2, -0.15) is 0 Å². The minimum Gasteiger partial charge on any atom is -0.361 e. The smallest absolute Gasteiger partial charge is 0.163 e. The second kappa shape index (κ2) is 8.51. The van der Waals surface area contributed by atoms with Crippen molar-refractivity contribution in [1.29, 1.82) is 0 Å². The Balaban J connectivity index is 1.65. The van der Waals surface area contributed by atoms with Crippen LogP contribution in [-0.2, 0) is 0 Å². The van der Waals surface area contributed by atoms with E-state index >= 15 is 0 Å². The lowest BCUT2D eigenvalue weighted by atomic mass is 10.0. The molecule has 32 heavy (non-hydrogen) atoms. The van der Waals surface area contributed by atoms with E-state index < -0.39 is 0 Å². The lowest BCUT2D eigenvalue weighted by molar-refractivity contribution is 0.631. The van der Waals surface area contributed by atoms with Gasteiger partial charge in [0.25, 0.3) is 0 Å². The molecule has 0 aliphatic carbocycles. The molecule has 0 radical (unpaired) electrons. The number of fused-ring (bicyclic) bond motifs is 1. The average molecular weight is 421 g/mol. The van der Waals surface area contributed by atoms with Gasteiger partial charge in [-0.25, -0.2) is 14.4 Å². The van der Waals surface area contributed by atoms with Crippen molar-refractivity contribution in [1.82, 2.24) is 19.9 Å². The zero-order valence-corrected chi connectivity index (χ0v) is 17.4. The van der Waals surface area contributed by atoms with Crippen LogP contribution in [0.4, 0.5) is 10.2 Å². The Kier molecular flexibility index (Phi) is 5.25. The van der Waals surface area contributed by atoms with Crippen LogP contribution in [0.2, 0.25) is 0 Å². The van der Waals surface area contributed by atoms with Gasteiger partial charge < -0.3 is 5.32 Å². The second-order valence-corrected chi connectivity index (χ2v) is 7.47. The van der Waals surface area contributed by atoms with Gasteiger partial charge in [-0.05, 0) is 55.0 Å². The summed E-state index contributed by atoms with van der Waals surface area (Å²) in [6, 6.07) is 22.0. The molecule has 5 nitrogen and oxygen atoms in total. The topological polar surface area (TPSA) is 63.6 Å². The third kappa shape index (κ3) is 3.90. The minimum absolute atomic E-state index is 0.0673.